The van der Waals surface area contributed by atoms with Crippen molar-refractivity contribution in [2.24, 2.45) is 5.92 Å². The van der Waals surface area contributed by atoms with Gasteiger partial charge in [-0.25, -0.2) is 0 Å². The van der Waals surface area contributed by atoms with E-state index < -0.39 is 0 Å². The first-order valence-corrected chi connectivity index (χ1v) is 6.83. The topological polar surface area (TPSA) is 50.4 Å². The highest BCUT2D eigenvalue weighted by atomic mass is 16.5. The molecule has 2 unspecified atom stereocenters. The van der Waals surface area contributed by atoms with Gasteiger partial charge in [0.15, 0.2) is 0 Å². The lowest BCUT2D eigenvalue weighted by atomic mass is 10.0. The molecule has 1 fully saturated rings. The van der Waals surface area contributed by atoms with Crippen molar-refractivity contribution in [2.45, 2.75) is 25.8 Å². The van der Waals surface area contributed by atoms with Crippen LogP contribution in [0, 0.1) is 5.92 Å². The molecule has 0 aliphatic carbocycles. The zero-order chi connectivity index (χ0) is 13.7. The first kappa shape index (κ1) is 13.9. The van der Waals surface area contributed by atoms with Gasteiger partial charge >= 0.3 is 0 Å². The largest absolute Gasteiger partial charge is 0.497 e. The highest BCUT2D eigenvalue weighted by Crippen LogP contribution is 2.19. The zero-order valence-corrected chi connectivity index (χ0v) is 11.6. The van der Waals surface area contributed by atoms with E-state index in [2.05, 4.69) is 10.6 Å². The van der Waals surface area contributed by atoms with Gasteiger partial charge in [0, 0.05) is 6.42 Å². The van der Waals surface area contributed by atoms with Crippen molar-refractivity contribution >= 4 is 5.91 Å². The van der Waals surface area contributed by atoms with Crippen LogP contribution in [0.25, 0.3) is 0 Å². The van der Waals surface area contributed by atoms with Crippen molar-refractivity contribution in [1.29, 1.82) is 0 Å². The van der Waals surface area contributed by atoms with Crippen LogP contribution in [0.3, 0.4) is 0 Å². The number of hydrogen-bond acceptors (Lipinski definition) is 3. The van der Waals surface area contributed by atoms with Crippen molar-refractivity contribution in [3.63, 3.8) is 0 Å². The average molecular weight is 262 g/mol. The second-order valence-corrected chi connectivity index (χ2v) is 5.13. The number of carbonyl (C=O) groups is 1. The smallest absolute Gasteiger partial charge is 0.220 e. The predicted octanol–water partition coefficient (Wildman–Crippen LogP) is 1.87. The number of carbonyl (C=O) groups excluding carboxylic acids is 1. The molecule has 2 atom stereocenters. The van der Waals surface area contributed by atoms with Gasteiger partial charge in [0.05, 0.1) is 13.2 Å². The maximum atomic E-state index is 12.0. The van der Waals surface area contributed by atoms with Crippen molar-refractivity contribution in [3.8, 4) is 5.75 Å². The molecule has 1 amide bonds. The van der Waals surface area contributed by atoms with Crippen molar-refractivity contribution < 1.29 is 9.53 Å². The van der Waals surface area contributed by atoms with E-state index in [-0.39, 0.29) is 11.9 Å². The van der Waals surface area contributed by atoms with Gasteiger partial charge in [-0.2, -0.15) is 0 Å². The molecule has 2 N–H and O–H groups in total. The van der Waals surface area contributed by atoms with Crippen molar-refractivity contribution in [3.05, 3.63) is 29.8 Å². The summed E-state index contributed by atoms with van der Waals surface area (Å²) in [7, 11) is 1.65. The van der Waals surface area contributed by atoms with E-state index in [1.54, 1.807) is 7.11 Å². The van der Waals surface area contributed by atoms with Crippen molar-refractivity contribution in [2.75, 3.05) is 20.2 Å². The Hall–Kier alpha value is -1.55. The molecule has 1 aliphatic rings. The minimum absolute atomic E-state index is 0.0111. The number of ether oxygens (including phenoxy) is 1. The summed E-state index contributed by atoms with van der Waals surface area (Å²) in [5, 5.41) is 6.33. The summed E-state index contributed by atoms with van der Waals surface area (Å²) < 4.78 is 5.20. The summed E-state index contributed by atoms with van der Waals surface area (Å²) in [6.07, 6.45) is 1.71. The summed E-state index contributed by atoms with van der Waals surface area (Å²) in [6, 6.07) is 7.82. The van der Waals surface area contributed by atoms with Gasteiger partial charge in [-0.15, -0.1) is 0 Å². The molecule has 1 saturated heterocycles. The van der Waals surface area contributed by atoms with Gasteiger partial charge in [-0.05, 0) is 50.0 Å². The third-order valence-corrected chi connectivity index (χ3v) is 3.61. The van der Waals surface area contributed by atoms with E-state index in [1.807, 2.05) is 31.2 Å². The van der Waals surface area contributed by atoms with Gasteiger partial charge < -0.3 is 15.4 Å². The molecule has 4 heteroatoms. The third kappa shape index (κ3) is 3.96. The highest BCUT2D eigenvalue weighted by Gasteiger charge is 2.19. The van der Waals surface area contributed by atoms with Crippen LogP contribution in [0.4, 0.5) is 0 Å². The van der Waals surface area contributed by atoms with Crippen LogP contribution >= 0.6 is 0 Å². The molecule has 1 heterocycles. The fraction of sp³-hybridized carbons (Fsp3) is 0.533. The number of amides is 1. The molecule has 2 rings (SSSR count). The standard InChI is InChI=1S/C15H22N2O2/c1-11(13-4-3-5-14(9-13)19-2)17-15(18)8-12-6-7-16-10-12/h3-5,9,11-12,16H,6-8,10H2,1-2H3,(H,17,18). The molecule has 0 bridgehead atoms. The lowest BCUT2D eigenvalue weighted by Gasteiger charge is -2.16. The Morgan fingerprint density at radius 2 is 2.42 bits per heavy atom. The number of benzene rings is 1. The lowest BCUT2D eigenvalue weighted by Crippen LogP contribution is -2.28. The molecule has 0 saturated carbocycles. The minimum atomic E-state index is 0.0111. The minimum Gasteiger partial charge on any atom is -0.497 e. The number of rotatable bonds is 5. The summed E-state index contributed by atoms with van der Waals surface area (Å²) >= 11 is 0. The van der Waals surface area contributed by atoms with E-state index in [9.17, 15) is 4.79 Å². The van der Waals surface area contributed by atoms with Crippen LogP contribution in [0.1, 0.15) is 31.4 Å². The molecule has 0 radical (unpaired) electrons. The average Bonchev–Trinajstić information content (AvgIpc) is 2.91. The second kappa shape index (κ2) is 6.57. The predicted molar refractivity (Wildman–Crippen MR) is 75.1 cm³/mol. The van der Waals surface area contributed by atoms with Gasteiger partial charge in [-0.1, -0.05) is 12.1 Å². The molecule has 0 aromatic heterocycles. The molecule has 19 heavy (non-hydrogen) atoms. The number of methoxy groups -OCH3 is 1. The number of hydrogen-bond donors (Lipinski definition) is 2. The summed E-state index contributed by atoms with van der Waals surface area (Å²) in [5.74, 6) is 1.43. The summed E-state index contributed by atoms with van der Waals surface area (Å²) in [4.78, 5) is 12.0. The Kier molecular flexibility index (Phi) is 4.80. The Morgan fingerprint density at radius 1 is 1.58 bits per heavy atom. The van der Waals surface area contributed by atoms with Gasteiger partial charge in [0.2, 0.25) is 5.91 Å². The van der Waals surface area contributed by atoms with Gasteiger partial charge in [-0.3, -0.25) is 4.79 Å². The Labute approximate surface area is 114 Å². The van der Waals surface area contributed by atoms with Crippen LogP contribution in [-0.4, -0.2) is 26.1 Å². The van der Waals surface area contributed by atoms with E-state index in [4.69, 9.17) is 4.74 Å². The van der Waals surface area contributed by atoms with E-state index >= 15 is 0 Å². The molecule has 1 aromatic rings. The molecular formula is C15H22N2O2. The first-order valence-electron chi connectivity index (χ1n) is 6.83. The van der Waals surface area contributed by atoms with E-state index in [0.717, 1.165) is 30.8 Å². The van der Waals surface area contributed by atoms with Gasteiger partial charge in [0.25, 0.3) is 0 Å². The van der Waals surface area contributed by atoms with Crippen LogP contribution in [-0.2, 0) is 4.79 Å². The first-order chi connectivity index (χ1) is 9.19. The molecule has 0 spiro atoms. The Morgan fingerprint density at radius 3 is 3.11 bits per heavy atom. The Balaban J connectivity index is 1.88. The molecule has 1 aromatic carbocycles. The third-order valence-electron chi connectivity index (χ3n) is 3.61. The molecule has 4 nitrogen and oxygen atoms in total. The Bertz CT molecular complexity index is 428. The molecule has 104 valence electrons. The second-order valence-electron chi connectivity index (χ2n) is 5.13. The van der Waals surface area contributed by atoms with Crippen molar-refractivity contribution in [1.82, 2.24) is 10.6 Å². The monoisotopic (exact) mass is 262 g/mol. The number of nitrogens with one attached hydrogen (secondary N) is 2. The SMILES string of the molecule is COc1cccc(C(C)NC(=O)CC2CCNC2)c1. The summed E-state index contributed by atoms with van der Waals surface area (Å²) in [5.41, 5.74) is 1.07. The van der Waals surface area contributed by atoms with Crippen LogP contribution in [0.5, 0.6) is 5.75 Å². The zero-order valence-electron chi connectivity index (χ0n) is 11.6. The van der Waals surface area contributed by atoms with Crippen LogP contribution in [0.2, 0.25) is 0 Å². The van der Waals surface area contributed by atoms with E-state index in [1.165, 1.54) is 0 Å². The van der Waals surface area contributed by atoms with E-state index in [0.29, 0.717) is 12.3 Å². The van der Waals surface area contributed by atoms with Crippen LogP contribution < -0.4 is 15.4 Å². The molecule has 1 aliphatic heterocycles. The normalized spacial score (nSPS) is 20.0. The quantitative estimate of drug-likeness (QED) is 0.851. The lowest BCUT2D eigenvalue weighted by molar-refractivity contribution is -0.122. The van der Waals surface area contributed by atoms with Crippen LogP contribution in [0.15, 0.2) is 24.3 Å². The van der Waals surface area contributed by atoms with Gasteiger partial charge in [0.1, 0.15) is 5.75 Å². The maximum Gasteiger partial charge on any atom is 0.220 e. The maximum absolute atomic E-state index is 12.0. The molecular weight excluding hydrogens is 240 g/mol. The fourth-order valence-corrected chi connectivity index (χ4v) is 2.45. The summed E-state index contributed by atoms with van der Waals surface area (Å²) in [6.45, 7) is 3.99. The highest BCUT2D eigenvalue weighted by molar-refractivity contribution is 5.76. The fourth-order valence-electron chi connectivity index (χ4n) is 2.45.